The molecule has 2 N–H and O–H groups in total. The van der Waals surface area contributed by atoms with Crippen molar-refractivity contribution in [2.24, 2.45) is 5.16 Å². The molecule has 1 fully saturated rings. The molecule has 2 aromatic carbocycles. The van der Waals surface area contributed by atoms with Crippen LogP contribution in [0.25, 0.3) is 0 Å². The molecular formula is C28H30Cl2FN7O3. The molecule has 2 aliphatic rings. The van der Waals surface area contributed by atoms with Crippen LogP contribution in [0.4, 0.5) is 14.9 Å². The van der Waals surface area contributed by atoms with Crippen LogP contribution in [-0.4, -0.2) is 55.2 Å². The highest BCUT2D eigenvalue weighted by Gasteiger charge is 2.50. The maximum absolute atomic E-state index is 14.6. The standard InChI is InChI=1S/C28H30Cl2FN7O3/c1-27(2)12-11-20(38-15-19(34-36-38)14-32-26(40)33-18-9-7-17(29)8-10-18)16-37(27)25(39)28(3)13-23(35-41-28)21-5-4-6-22(30)24(21)31/h4-10,15,20H,11-14,16H2,1-3H3,(H2,32,33,40). The topological polar surface area (TPSA) is 114 Å². The molecule has 5 rings (SSSR count). The highest BCUT2D eigenvalue weighted by atomic mass is 35.5. The number of nitrogens with zero attached hydrogens (tertiary/aromatic N) is 5. The number of likely N-dealkylation sites (tertiary alicyclic amines) is 1. The summed E-state index contributed by atoms with van der Waals surface area (Å²) >= 11 is 11.8. The molecule has 0 saturated carbocycles. The lowest BCUT2D eigenvalue weighted by molar-refractivity contribution is -0.162. The number of rotatable bonds is 6. The molecule has 13 heteroatoms. The number of carbonyl (C=O) groups excluding carboxylic acids is 2. The number of aromatic nitrogens is 3. The van der Waals surface area contributed by atoms with Gasteiger partial charge in [0.2, 0.25) is 5.60 Å². The molecule has 2 atom stereocenters. The van der Waals surface area contributed by atoms with Crippen LogP contribution in [-0.2, 0) is 16.2 Å². The second-order valence-corrected chi connectivity index (χ2v) is 11.9. The van der Waals surface area contributed by atoms with Crippen molar-refractivity contribution >= 4 is 46.5 Å². The minimum Gasteiger partial charge on any atom is -0.379 e. The number of piperidine rings is 1. The van der Waals surface area contributed by atoms with Gasteiger partial charge in [0.25, 0.3) is 5.91 Å². The summed E-state index contributed by atoms with van der Waals surface area (Å²) in [7, 11) is 0. The van der Waals surface area contributed by atoms with Gasteiger partial charge in [0.15, 0.2) is 5.82 Å². The van der Waals surface area contributed by atoms with Gasteiger partial charge in [-0.1, -0.05) is 39.6 Å². The van der Waals surface area contributed by atoms with Crippen molar-refractivity contribution in [3.05, 3.63) is 75.8 Å². The first-order valence-corrected chi connectivity index (χ1v) is 13.9. The zero-order chi connectivity index (χ0) is 29.4. The van der Waals surface area contributed by atoms with Crippen LogP contribution in [0, 0.1) is 5.82 Å². The van der Waals surface area contributed by atoms with E-state index in [4.69, 9.17) is 28.0 Å². The van der Waals surface area contributed by atoms with Gasteiger partial charge in [0.1, 0.15) is 5.69 Å². The molecule has 1 aromatic heterocycles. The van der Waals surface area contributed by atoms with Gasteiger partial charge in [-0.3, -0.25) is 4.79 Å². The zero-order valence-electron chi connectivity index (χ0n) is 22.8. The third kappa shape index (κ3) is 6.15. The number of urea groups is 1. The average Bonchev–Trinajstić information content (AvgIpc) is 3.58. The molecule has 0 bridgehead atoms. The fourth-order valence-corrected chi connectivity index (χ4v) is 5.34. The van der Waals surface area contributed by atoms with Crippen molar-refractivity contribution in [3.8, 4) is 0 Å². The van der Waals surface area contributed by atoms with Crippen LogP contribution in [0.1, 0.15) is 57.3 Å². The number of anilines is 1. The van der Waals surface area contributed by atoms with Crippen LogP contribution < -0.4 is 10.6 Å². The lowest BCUT2D eigenvalue weighted by atomic mass is 9.85. The minimum atomic E-state index is -1.29. The lowest BCUT2D eigenvalue weighted by Crippen LogP contribution is -2.59. The molecule has 0 spiro atoms. The van der Waals surface area contributed by atoms with Crippen molar-refractivity contribution in [1.29, 1.82) is 0 Å². The summed E-state index contributed by atoms with van der Waals surface area (Å²) in [5.41, 5.74) is -0.00421. The van der Waals surface area contributed by atoms with E-state index in [0.717, 1.165) is 6.42 Å². The van der Waals surface area contributed by atoms with Crippen molar-refractivity contribution in [2.45, 2.75) is 63.8 Å². The van der Waals surface area contributed by atoms with Gasteiger partial charge in [-0.15, -0.1) is 5.10 Å². The molecule has 0 aliphatic carbocycles. The predicted molar refractivity (Wildman–Crippen MR) is 153 cm³/mol. The Morgan fingerprint density at radius 2 is 1.90 bits per heavy atom. The Bertz CT molecular complexity index is 1490. The number of hydrogen-bond donors (Lipinski definition) is 2. The monoisotopic (exact) mass is 601 g/mol. The summed E-state index contributed by atoms with van der Waals surface area (Å²) in [5, 5.41) is 18.6. The number of halogens is 3. The first-order chi connectivity index (χ1) is 19.4. The fraction of sp³-hybridized carbons (Fsp3) is 0.393. The summed E-state index contributed by atoms with van der Waals surface area (Å²) in [6.45, 7) is 6.23. The second-order valence-electron chi connectivity index (χ2n) is 11.1. The third-order valence-electron chi connectivity index (χ3n) is 7.50. The van der Waals surface area contributed by atoms with E-state index in [9.17, 15) is 14.0 Å². The Labute approximate surface area is 246 Å². The summed E-state index contributed by atoms with van der Waals surface area (Å²) in [6.07, 6.45) is 3.37. The van der Waals surface area contributed by atoms with E-state index in [1.807, 2.05) is 13.8 Å². The van der Waals surface area contributed by atoms with Crippen LogP contribution in [0.15, 0.2) is 53.8 Å². The number of carbonyl (C=O) groups is 2. The number of hydrogen-bond acceptors (Lipinski definition) is 6. The average molecular weight is 602 g/mol. The minimum absolute atomic E-state index is 0.0188. The first-order valence-electron chi connectivity index (χ1n) is 13.2. The molecule has 2 aliphatic heterocycles. The highest BCUT2D eigenvalue weighted by Crippen LogP contribution is 2.38. The van der Waals surface area contributed by atoms with Crippen LogP contribution in [0.5, 0.6) is 0 Å². The van der Waals surface area contributed by atoms with E-state index in [0.29, 0.717) is 35.1 Å². The molecule has 216 valence electrons. The van der Waals surface area contributed by atoms with Gasteiger partial charge < -0.3 is 20.4 Å². The second kappa shape index (κ2) is 11.3. The van der Waals surface area contributed by atoms with Crippen LogP contribution in [0.2, 0.25) is 10.0 Å². The number of benzene rings is 2. The van der Waals surface area contributed by atoms with Gasteiger partial charge in [-0.2, -0.15) is 0 Å². The molecule has 3 amide bonds. The van der Waals surface area contributed by atoms with Crippen molar-refractivity contribution in [1.82, 2.24) is 25.2 Å². The van der Waals surface area contributed by atoms with Gasteiger partial charge in [-0.05, 0) is 70.0 Å². The number of nitrogens with one attached hydrogen (secondary N) is 2. The SMILES string of the molecule is CC1(C(=O)N2CC(n3cc(CNC(=O)Nc4ccc(Cl)cc4)nn3)CCC2(C)C)CC(c2cccc(Cl)c2F)=NO1. The molecule has 0 radical (unpaired) electrons. The Morgan fingerprint density at radius 1 is 1.15 bits per heavy atom. The van der Waals surface area contributed by atoms with E-state index in [1.54, 1.807) is 59.1 Å². The summed E-state index contributed by atoms with van der Waals surface area (Å²) in [5.74, 6) is -0.834. The predicted octanol–water partition coefficient (Wildman–Crippen LogP) is 5.57. The fourth-order valence-electron chi connectivity index (χ4n) is 5.04. The van der Waals surface area contributed by atoms with E-state index in [2.05, 4.69) is 26.1 Å². The molecule has 3 aromatic rings. The maximum atomic E-state index is 14.6. The van der Waals surface area contributed by atoms with Gasteiger partial charge in [0, 0.05) is 34.8 Å². The number of amides is 3. The van der Waals surface area contributed by atoms with Crippen molar-refractivity contribution in [3.63, 3.8) is 0 Å². The Morgan fingerprint density at radius 3 is 2.66 bits per heavy atom. The first kappa shape index (κ1) is 28.8. The smallest absolute Gasteiger partial charge is 0.319 e. The molecule has 1 saturated heterocycles. The van der Waals surface area contributed by atoms with E-state index in [1.165, 1.54) is 6.07 Å². The lowest BCUT2D eigenvalue weighted by Gasteiger charge is -2.47. The highest BCUT2D eigenvalue weighted by molar-refractivity contribution is 6.31. The Balaban J connectivity index is 1.22. The van der Waals surface area contributed by atoms with Crippen molar-refractivity contribution in [2.75, 3.05) is 11.9 Å². The normalized spacial score (nSPS) is 21.7. The molecule has 41 heavy (non-hydrogen) atoms. The van der Waals surface area contributed by atoms with Gasteiger partial charge >= 0.3 is 6.03 Å². The van der Waals surface area contributed by atoms with Gasteiger partial charge in [0.05, 0.1) is 29.5 Å². The maximum Gasteiger partial charge on any atom is 0.319 e. The molecule has 2 unspecified atom stereocenters. The summed E-state index contributed by atoms with van der Waals surface area (Å²) in [6, 6.07) is 10.9. The number of oxime groups is 1. The van der Waals surface area contributed by atoms with E-state index in [-0.39, 0.29) is 41.5 Å². The molecule has 10 nitrogen and oxygen atoms in total. The van der Waals surface area contributed by atoms with Crippen molar-refractivity contribution < 1.29 is 18.8 Å². The quantitative estimate of drug-likeness (QED) is 0.383. The van der Waals surface area contributed by atoms with Gasteiger partial charge in [-0.25, -0.2) is 13.9 Å². The Kier molecular flexibility index (Phi) is 7.93. The third-order valence-corrected chi connectivity index (χ3v) is 8.04. The van der Waals surface area contributed by atoms with Crippen LogP contribution in [0.3, 0.4) is 0 Å². The summed E-state index contributed by atoms with van der Waals surface area (Å²) < 4.78 is 16.4. The Hall–Kier alpha value is -3.70. The molecular weight excluding hydrogens is 572 g/mol. The molecule has 3 heterocycles. The van der Waals surface area contributed by atoms with E-state index < -0.39 is 17.0 Å². The summed E-state index contributed by atoms with van der Waals surface area (Å²) in [4.78, 5) is 33.6. The van der Waals surface area contributed by atoms with Crippen LogP contribution >= 0.6 is 23.2 Å². The van der Waals surface area contributed by atoms with E-state index >= 15 is 0 Å². The largest absolute Gasteiger partial charge is 0.379 e. The zero-order valence-corrected chi connectivity index (χ0v) is 24.3.